The number of aromatic carboxylic acids is 1. The van der Waals surface area contributed by atoms with Gasteiger partial charge in [-0.05, 0) is 38.1 Å². The summed E-state index contributed by atoms with van der Waals surface area (Å²) in [6, 6.07) is 3.80. The molecule has 2 atom stereocenters. The van der Waals surface area contributed by atoms with E-state index in [1.165, 1.54) is 0 Å². The molecule has 1 aliphatic rings. The van der Waals surface area contributed by atoms with Gasteiger partial charge in [-0.25, -0.2) is 4.79 Å². The molecule has 4 heteroatoms. The van der Waals surface area contributed by atoms with E-state index in [0.29, 0.717) is 17.7 Å². The Morgan fingerprint density at radius 2 is 2.31 bits per heavy atom. The third-order valence-corrected chi connectivity index (χ3v) is 3.42. The highest BCUT2D eigenvalue weighted by atomic mass is 16.4. The summed E-state index contributed by atoms with van der Waals surface area (Å²) in [7, 11) is 2.11. The van der Waals surface area contributed by atoms with Crippen LogP contribution in [0.4, 0.5) is 0 Å². The van der Waals surface area contributed by atoms with Crippen LogP contribution in [0.1, 0.15) is 29.9 Å². The van der Waals surface area contributed by atoms with E-state index >= 15 is 0 Å². The first-order valence-electron chi connectivity index (χ1n) is 5.68. The van der Waals surface area contributed by atoms with Crippen molar-refractivity contribution in [2.45, 2.75) is 19.4 Å². The fraction of sp³-hybridized carbons (Fsp3) is 0.583. The molecule has 1 fully saturated rings. The summed E-state index contributed by atoms with van der Waals surface area (Å²) in [6.45, 7) is 4.25. The summed E-state index contributed by atoms with van der Waals surface area (Å²) < 4.78 is 1.92. The van der Waals surface area contributed by atoms with Crippen LogP contribution in [0.15, 0.2) is 18.3 Å². The van der Waals surface area contributed by atoms with Gasteiger partial charge in [0.15, 0.2) is 0 Å². The second-order valence-electron chi connectivity index (χ2n) is 4.70. The predicted molar refractivity (Wildman–Crippen MR) is 61.7 cm³/mol. The van der Waals surface area contributed by atoms with Crippen molar-refractivity contribution >= 4 is 5.97 Å². The molecule has 0 bridgehead atoms. The van der Waals surface area contributed by atoms with E-state index in [4.69, 9.17) is 5.11 Å². The number of hydrogen-bond donors (Lipinski definition) is 1. The number of carboxylic acid groups (broad SMARTS) is 1. The molecule has 1 aliphatic heterocycles. The summed E-state index contributed by atoms with van der Waals surface area (Å²) in [5.41, 5.74) is 0.404. The number of likely N-dealkylation sites (tertiary alicyclic amines) is 1. The van der Waals surface area contributed by atoms with Crippen molar-refractivity contribution in [3.63, 3.8) is 0 Å². The van der Waals surface area contributed by atoms with Gasteiger partial charge in [-0.1, -0.05) is 6.92 Å². The number of piperidine rings is 1. The average molecular weight is 222 g/mol. The zero-order valence-corrected chi connectivity index (χ0v) is 9.76. The fourth-order valence-corrected chi connectivity index (χ4v) is 2.62. The summed E-state index contributed by atoms with van der Waals surface area (Å²) in [4.78, 5) is 13.4. The largest absolute Gasteiger partial charge is 0.477 e. The average Bonchev–Trinajstić information content (AvgIpc) is 2.66. The van der Waals surface area contributed by atoms with E-state index in [1.807, 2.05) is 16.8 Å². The number of rotatable bonds is 2. The molecule has 0 amide bonds. The van der Waals surface area contributed by atoms with Gasteiger partial charge in [0.1, 0.15) is 5.69 Å². The SMILES string of the molecule is CC1CN(C)CCC1n1cccc1C(=O)O. The lowest BCUT2D eigenvalue weighted by Gasteiger charge is -2.36. The molecule has 0 aromatic carbocycles. The lowest BCUT2D eigenvalue weighted by molar-refractivity contribution is 0.0673. The van der Waals surface area contributed by atoms with Crippen molar-refractivity contribution < 1.29 is 9.90 Å². The molecule has 2 rings (SSSR count). The molecule has 88 valence electrons. The second kappa shape index (κ2) is 4.29. The molecule has 0 spiro atoms. The van der Waals surface area contributed by atoms with Gasteiger partial charge in [0.2, 0.25) is 0 Å². The first-order valence-corrected chi connectivity index (χ1v) is 5.68. The highest BCUT2D eigenvalue weighted by Crippen LogP contribution is 2.28. The van der Waals surface area contributed by atoms with Crippen LogP contribution >= 0.6 is 0 Å². The van der Waals surface area contributed by atoms with Crippen LogP contribution in [-0.4, -0.2) is 40.7 Å². The normalized spacial score (nSPS) is 26.9. The van der Waals surface area contributed by atoms with E-state index < -0.39 is 5.97 Å². The summed E-state index contributed by atoms with van der Waals surface area (Å²) >= 11 is 0. The molecular formula is C12H18N2O2. The maximum atomic E-state index is 11.1. The van der Waals surface area contributed by atoms with Gasteiger partial charge >= 0.3 is 5.97 Å². The smallest absolute Gasteiger partial charge is 0.352 e. The topological polar surface area (TPSA) is 45.5 Å². The van der Waals surface area contributed by atoms with Crippen LogP contribution in [0, 0.1) is 5.92 Å². The van der Waals surface area contributed by atoms with Crippen LogP contribution in [-0.2, 0) is 0 Å². The Morgan fingerprint density at radius 3 is 2.94 bits per heavy atom. The van der Waals surface area contributed by atoms with Gasteiger partial charge in [0.05, 0.1) is 0 Å². The van der Waals surface area contributed by atoms with Crippen molar-refractivity contribution in [2.75, 3.05) is 20.1 Å². The van der Waals surface area contributed by atoms with Gasteiger partial charge < -0.3 is 14.6 Å². The molecule has 0 saturated carbocycles. The molecule has 0 aliphatic carbocycles. The van der Waals surface area contributed by atoms with Crippen molar-refractivity contribution in [1.82, 2.24) is 9.47 Å². The summed E-state index contributed by atoms with van der Waals surface area (Å²) in [5, 5.41) is 9.09. The van der Waals surface area contributed by atoms with E-state index in [9.17, 15) is 4.79 Å². The molecule has 2 unspecified atom stereocenters. The maximum absolute atomic E-state index is 11.1. The molecule has 1 saturated heterocycles. The minimum Gasteiger partial charge on any atom is -0.477 e. The number of nitrogens with zero attached hydrogens (tertiary/aromatic N) is 2. The third kappa shape index (κ3) is 1.97. The van der Waals surface area contributed by atoms with Crippen molar-refractivity contribution in [3.05, 3.63) is 24.0 Å². The predicted octanol–water partition coefficient (Wildman–Crippen LogP) is 1.70. The van der Waals surface area contributed by atoms with Gasteiger partial charge in [-0.3, -0.25) is 0 Å². The Balaban J connectivity index is 2.23. The zero-order valence-electron chi connectivity index (χ0n) is 9.76. The standard InChI is InChI=1S/C12H18N2O2/c1-9-8-13(2)7-5-10(9)14-6-3-4-11(14)12(15)16/h3-4,6,9-10H,5,7-8H2,1-2H3,(H,15,16). The Labute approximate surface area is 95.5 Å². The Kier molecular flexibility index (Phi) is 3.01. The molecule has 0 radical (unpaired) electrons. The lowest BCUT2D eigenvalue weighted by Crippen LogP contribution is -2.38. The zero-order chi connectivity index (χ0) is 11.7. The van der Waals surface area contributed by atoms with Crippen LogP contribution in [0.5, 0.6) is 0 Å². The molecule has 4 nitrogen and oxygen atoms in total. The fourth-order valence-electron chi connectivity index (χ4n) is 2.62. The monoisotopic (exact) mass is 222 g/mol. The van der Waals surface area contributed by atoms with Gasteiger partial charge in [0.25, 0.3) is 0 Å². The van der Waals surface area contributed by atoms with Crippen LogP contribution in [0.25, 0.3) is 0 Å². The highest BCUT2D eigenvalue weighted by molar-refractivity contribution is 5.85. The minimum absolute atomic E-state index is 0.317. The van der Waals surface area contributed by atoms with Crippen molar-refractivity contribution in [2.24, 2.45) is 5.92 Å². The number of carbonyl (C=O) groups is 1. The van der Waals surface area contributed by atoms with E-state index in [2.05, 4.69) is 18.9 Å². The van der Waals surface area contributed by atoms with Crippen LogP contribution < -0.4 is 0 Å². The number of aromatic nitrogens is 1. The lowest BCUT2D eigenvalue weighted by atomic mass is 9.94. The third-order valence-electron chi connectivity index (χ3n) is 3.42. The minimum atomic E-state index is -0.837. The van der Waals surface area contributed by atoms with Gasteiger partial charge in [-0.2, -0.15) is 0 Å². The van der Waals surface area contributed by atoms with Crippen molar-refractivity contribution in [1.29, 1.82) is 0 Å². The number of hydrogen-bond acceptors (Lipinski definition) is 2. The van der Waals surface area contributed by atoms with Crippen LogP contribution in [0.2, 0.25) is 0 Å². The van der Waals surface area contributed by atoms with E-state index in [1.54, 1.807) is 6.07 Å². The first-order chi connectivity index (χ1) is 7.59. The molecule has 1 N–H and O–H groups in total. The summed E-state index contributed by atoms with van der Waals surface area (Å²) in [5.74, 6) is -0.347. The maximum Gasteiger partial charge on any atom is 0.352 e. The second-order valence-corrected chi connectivity index (χ2v) is 4.70. The molecule has 1 aromatic heterocycles. The highest BCUT2D eigenvalue weighted by Gasteiger charge is 2.27. The van der Waals surface area contributed by atoms with Crippen molar-refractivity contribution in [3.8, 4) is 0 Å². The molecular weight excluding hydrogens is 204 g/mol. The Hall–Kier alpha value is -1.29. The van der Waals surface area contributed by atoms with E-state index in [-0.39, 0.29) is 0 Å². The summed E-state index contributed by atoms with van der Waals surface area (Å²) in [6.07, 6.45) is 2.91. The molecule has 1 aromatic rings. The quantitative estimate of drug-likeness (QED) is 0.828. The molecule has 16 heavy (non-hydrogen) atoms. The van der Waals surface area contributed by atoms with Crippen LogP contribution in [0.3, 0.4) is 0 Å². The Morgan fingerprint density at radius 1 is 1.56 bits per heavy atom. The number of carboxylic acids is 1. The Bertz CT molecular complexity index is 386. The van der Waals surface area contributed by atoms with Gasteiger partial charge in [-0.15, -0.1) is 0 Å². The first kappa shape index (κ1) is 11.2. The van der Waals surface area contributed by atoms with Gasteiger partial charge in [0, 0.05) is 18.8 Å². The van der Waals surface area contributed by atoms with E-state index in [0.717, 1.165) is 19.5 Å². The molecule has 2 heterocycles.